The Morgan fingerprint density at radius 3 is 2.86 bits per heavy atom. The minimum atomic E-state index is 0. The van der Waals surface area contributed by atoms with E-state index in [1.807, 2.05) is 24.1 Å². The van der Waals surface area contributed by atoms with E-state index in [0.717, 1.165) is 25.1 Å². The van der Waals surface area contributed by atoms with Crippen LogP contribution in [0.25, 0.3) is 0 Å². The number of aromatic nitrogens is 2. The molecule has 1 amide bonds. The summed E-state index contributed by atoms with van der Waals surface area (Å²) in [6.07, 6.45) is 7.51. The lowest BCUT2D eigenvalue weighted by molar-refractivity contribution is -0.125. The van der Waals surface area contributed by atoms with Gasteiger partial charge in [-0.15, -0.1) is 12.4 Å². The summed E-state index contributed by atoms with van der Waals surface area (Å²) in [6.45, 7) is 3.87. The van der Waals surface area contributed by atoms with Gasteiger partial charge in [-0.1, -0.05) is 13.3 Å². The molecule has 0 bridgehead atoms. The first kappa shape index (κ1) is 16.3. The quantitative estimate of drug-likeness (QED) is 0.888. The number of carbonyl (C=O) groups excluding carboxylic acids is 1. The summed E-state index contributed by atoms with van der Waals surface area (Å²) in [4.78, 5) is 12.6. The predicted octanol–water partition coefficient (Wildman–Crippen LogP) is 1.45. The van der Waals surface area contributed by atoms with Crippen molar-refractivity contribution in [2.24, 2.45) is 18.9 Å². The Balaban J connectivity index is 0.00000161. The Bertz CT molecular complexity index is 490. The molecule has 1 saturated carbocycles. The molecule has 1 aromatic rings. The molecule has 0 spiro atoms. The average molecular weight is 313 g/mol. The molecule has 2 unspecified atom stereocenters. The lowest BCUT2D eigenvalue weighted by atomic mass is 9.89. The fourth-order valence-corrected chi connectivity index (χ4v) is 3.59. The summed E-state index contributed by atoms with van der Waals surface area (Å²) >= 11 is 0. The Labute approximate surface area is 132 Å². The van der Waals surface area contributed by atoms with Gasteiger partial charge in [-0.2, -0.15) is 5.10 Å². The van der Waals surface area contributed by atoms with E-state index in [0.29, 0.717) is 12.0 Å². The topological polar surface area (TPSA) is 59.0 Å². The van der Waals surface area contributed by atoms with E-state index in [1.165, 1.54) is 12.8 Å². The number of nitrogens with zero attached hydrogens (tertiary/aromatic N) is 2. The standard InChI is InChI=1S/C15H24N4O.ClH/c1-10-4-3-5-14(10)18-15(20)13-8-16-7-12(13)11-6-17-19(2)9-11;/h6,9-10,12-14,16H,3-5,7-8H2,1-2H3,(H,18,20);1H/t10?,12-,13+,14?;/m1./s1. The number of aryl methyl sites for hydroxylation is 1. The maximum atomic E-state index is 12.6. The van der Waals surface area contributed by atoms with Crippen molar-refractivity contribution >= 4 is 18.3 Å². The summed E-state index contributed by atoms with van der Waals surface area (Å²) in [7, 11) is 1.92. The third-order valence-electron chi connectivity index (χ3n) is 4.89. The van der Waals surface area contributed by atoms with Crippen LogP contribution in [0.15, 0.2) is 12.4 Å². The third kappa shape index (κ3) is 3.40. The van der Waals surface area contributed by atoms with Gasteiger partial charge in [0.15, 0.2) is 0 Å². The second kappa shape index (κ2) is 6.79. The fraction of sp³-hybridized carbons (Fsp3) is 0.733. The summed E-state index contributed by atoms with van der Waals surface area (Å²) in [6, 6.07) is 0.373. The van der Waals surface area contributed by atoms with E-state index >= 15 is 0 Å². The van der Waals surface area contributed by atoms with Gasteiger partial charge in [0.1, 0.15) is 0 Å². The molecule has 4 atom stereocenters. The average Bonchev–Trinajstić information content (AvgIpc) is 3.11. The molecule has 6 heteroatoms. The van der Waals surface area contributed by atoms with Gasteiger partial charge >= 0.3 is 0 Å². The van der Waals surface area contributed by atoms with Crippen molar-refractivity contribution in [3.8, 4) is 0 Å². The summed E-state index contributed by atoms with van der Waals surface area (Å²) < 4.78 is 1.81. The minimum absolute atomic E-state index is 0. The van der Waals surface area contributed by atoms with Crippen molar-refractivity contribution in [3.05, 3.63) is 18.0 Å². The van der Waals surface area contributed by atoms with Gasteiger partial charge in [-0.05, 0) is 24.3 Å². The molecule has 2 N–H and O–H groups in total. The number of nitrogens with one attached hydrogen (secondary N) is 2. The number of hydrogen-bond donors (Lipinski definition) is 2. The molecule has 118 valence electrons. The highest BCUT2D eigenvalue weighted by Gasteiger charge is 2.36. The SMILES string of the molecule is CC1CCCC1NC(=O)[C@H]1CNC[C@@H]1c1cnn(C)c1.Cl. The predicted molar refractivity (Wildman–Crippen MR) is 84.5 cm³/mol. The molecule has 1 aliphatic carbocycles. The first-order chi connectivity index (χ1) is 9.65. The zero-order valence-corrected chi connectivity index (χ0v) is 13.5. The number of rotatable bonds is 3. The van der Waals surface area contributed by atoms with E-state index in [-0.39, 0.29) is 30.2 Å². The Kier molecular flexibility index (Phi) is 5.27. The number of carbonyl (C=O) groups is 1. The lowest BCUT2D eigenvalue weighted by Gasteiger charge is -2.22. The third-order valence-corrected chi connectivity index (χ3v) is 4.89. The first-order valence-corrected chi connectivity index (χ1v) is 7.65. The second-order valence-corrected chi connectivity index (χ2v) is 6.34. The summed E-state index contributed by atoms with van der Waals surface area (Å²) in [5, 5.41) is 10.8. The van der Waals surface area contributed by atoms with Gasteiger partial charge < -0.3 is 10.6 Å². The van der Waals surface area contributed by atoms with Crippen LogP contribution in [-0.2, 0) is 11.8 Å². The molecule has 2 aliphatic rings. The Morgan fingerprint density at radius 2 is 2.24 bits per heavy atom. The molecule has 3 rings (SSSR count). The van der Waals surface area contributed by atoms with Gasteiger partial charge in [-0.25, -0.2) is 0 Å². The van der Waals surface area contributed by atoms with Crippen LogP contribution in [0, 0.1) is 11.8 Å². The molecule has 0 aromatic carbocycles. The van der Waals surface area contributed by atoms with E-state index < -0.39 is 0 Å². The van der Waals surface area contributed by atoms with E-state index in [9.17, 15) is 4.79 Å². The van der Waals surface area contributed by atoms with Gasteiger partial charge in [0, 0.05) is 38.3 Å². The van der Waals surface area contributed by atoms with E-state index in [1.54, 1.807) is 0 Å². The highest BCUT2D eigenvalue weighted by Crippen LogP contribution is 2.30. The molecule has 2 heterocycles. The molecule has 1 aliphatic heterocycles. The number of hydrogen-bond acceptors (Lipinski definition) is 3. The lowest BCUT2D eigenvalue weighted by Crippen LogP contribution is -2.42. The summed E-state index contributed by atoms with van der Waals surface area (Å²) in [5.74, 6) is 1.11. The van der Waals surface area contributed by atoms with Crippen molar-refractivity contribution < 1.29 is 4.79 Å². The zero-order chi connectivity index (χ0) is 14.1. The van der Waals surface area contributed by atoms with E-state index in [4.69, 9.17) is 0 Å². The second-order valence-electron chi connectivity index (χ2n) is 6.34. The molecule has 5 nitrogen and oxygen atoms in total. The van der Waals surface area contributed by atoms with Crippen LogP contribution in [0.4, 0.5) is 0 Å². The van der Waals surface area contributed by atoms with Crippen LogP contribution >= 0.6 is 12.4 Å². The van der Waals surface area contributed by atoms with Crippen LogP contribution in [-0.4, -0.2) is 34.8 Å². The number of amides is 1. The van der Waals surface area contributed by atoms with Crippen LogP contribution in [0.2, 0.25) is 0 Å². The van der Waals surface area contributed by atoms with Crippen molar-refractivity contribution in [2.75, 3.05) is 13.1 Å². The summed E-state index contributed by atoms with van der Waals surface area (Å²) in [5.41, 5.74) is 1.16. The van der Waals surface area contributed by atoms with Gasteiger partial charge in [0.05, 0.1) is 12.1 Å². The first-order valence-electron chi connectivity index (χ1n) is 7.65. The maximum absolute atomic E-state index is 12.6. The van der Waals surface area contributed by atoms with Crippen LogP contribution < -0.4 is 10.6 Å². The van der Waals surface area contributed by atoms with Gasteiger partial charge in [0.25, 0.3) is 0 Å². The van der Waals surface area contributed by atoms with Gasteiger partial charge in [-0.3, -0.25) is 9.48 Å². The molecule has 21 heavy (non-hydrogen) atoms. The molecule has 1 aromatic heterocycles. The fourth-order valence-electron chi connectivity index (χ4n) is 3.59. The molecular weight excluding hydrogens is 288 g/mol. The largest absolute Gasteiger partial charge is 0.353 e. The molecular formula is C15H25ClN4O. The van der Waals surface area contributed by atoms with Crippen LogP contribution in [0.5, 0.6) is 0 Å². The normalized spacial score (nSPS) is 31.9. The number of halogens is 1. The molecule has 2 fully saturated rings. The van der Waals surface area contributed by atoms with Crippen molar-refractivity contribution in [3.63, 3.8) is 0 Å². The highest BCUT2D eigenvalue weighted by atomic mass is 35.5. The zero-order valence-electron chi connectivity index (χ0n) is 12.7. The van der Waals surface area contributed by atoms with Crippen molar-refractivity contribution in [2.45, 2.75) is 38.1 Å². The van der Waals surface area contributed by atoms with Crippen LogP contribution in [0.1, 0.15) is 37.7 Å². The van der Waals surface area contributed by atoms with Crippen molar-refractivity contribution in [1.82, 2.24) is 20.4 Å². The van der Waals surface area contributed by atoms with E-state index in [2.05, 4.69) is 22.7 Å². The van der Waals surface area contributed by atoms with Crippen LogP contribution in [0.3, 0.4) is 0 Å². The smallest absolute Gasteiger partial charge is 0.225 e. The monoisotopic (exact) mass is 312 g/mol. The van der Waals surface area contributed by atoms with Crippen molar-refractivity contribution in [1.29, 1.82) is 0 Å². The Hall–Kier alpha value is -1.07. The highest BCUT2D eigenvalue weighted by molar-refractivity contribution is 5.85. The molecule has 0 radical (unpaired) electrons. The Morgan fingerprint density at radius 1 is 1.43 bits per heavy atom. The molecule has 1 saturated heterocycles. The minimum Gasteiger partial charge on any atom is -0.353 e. The van der Waals surface area contributed by atoms with Gasteiger partial charge in [0.2, 0.25) is 5.91 Å². The maximum Gasteiger partial charge on any atom is 0.225 e.